The van der Waals surface area contributed by atoms with Gasteiger partial charge in [0.25, 0.3) is 0 Å². The molecular formula is C27H38N2O2. The number of unbranched alkanes of at least 4 members (excludes halogenated alkanes) is 7. The Morgan fingerprint density at radius 2 is 1.55 bits per heavy atom. The maximum atomic E-state index is 12.2. The lowest BCUT2D eigenvalue weighted by molar-refractivity contribution is -0.129. The lowest BCUT2D eigenvalue weighted by Crippen LogP contribution is -2.08. The number of rotatable bonds is 15. The van der Waals surface area contributed by atoms with E-state index in [4.69, 9.17) is 4.74 Å². The molecule has 0 aliphatic heterocycles. The van der Waals surface area contributed by atoms with Crippen LogP contribution in [0.15, 0.2) is 54.9 Å². The summed E-state index contributed by atoms with van der Waals surface area (Å²) in [4.78, 5) is 20.6. The number of benzene rings is 1. The first-order valence-electron chi connectivity index (χ1n) is 12.0. The van der Waals surface area contributed by atoms with Gasteiger partial charge in [0.05, 0.1) is 0 Å². The number of hydrogen-bond acceptors (Lipinski definition) is 4. The number of allylic oxidation sites excluding steroid dienone is 1. The summed E-state index contributed by atoms with van der Waals surface area (Å²) in [7, 11) is 0. The number of aryl methyl sites for hydroxylation is 1. The van der Waals surface area contributed by atoms with Crippen molar-refractivity contribution in [3.63, 3.8) is 0 Å². The molecule has 0 spiro atoms. The molecule has 1 atom stereocenters. The third-order valence-electron chi connectivity index (χ3n) is 5.50. The van der Waals surface area contributed by atoms with Gasteiger partial charge in [0, 0.05) is 24.4 Å². The molecule has 2 rings (SSSR count). The SMILES string of the molecule is CCCCCCCCCc1cnc(OC(=O)C=CC(CCCC)c2ccccc2)nc1. The van der Waals surface area contributed by atoms with E-state index in [1.54, 1.807) is 12.4 Å². The number of nitrogens with zero attached hydrogens (tertiary/aromatic N) is 2. The molecule has 0 saturated heterocycles. The van der Waals surface area contributed by atoms with Gasteiger partial charge in [-0.3, -0.25) is 0 Å². The molecule has 1 aromatic heterocycles. The summed E-state index contributed by atoms with van der Waals surface area (Å²) in [6.07, 6.45) is 20.2. The van der Waals surface area contributed by atoms with Crippen LogP contribution in [0.4, 0.5) is 0 Å². The Hall–Kier alpha value is -2.49. The molecule has 0 amide bonds. The maximum absolute atomic E-state index is 12.2. The molecule has 0 aliphatic rings. The summed E-state index contributed by atoms with van der Waals surface area (Å²) < 4.78 is 5.29. The first-order chi connectivity index (χ1) is 15.2. The summed E-state index contributed by atoms with van der Waals surface area (Å²) in [5.74, 6) is -0.226. The van der Waals surface area contributed by atoms with Crippen molar-refractivity contribution in [2.24, 2.45) is 0 Å². The standard InChI is InChI=1S/C27H38N2O2/c1-3-5-7-8-9-10-12-15-23-21-28-27(29-22-23)31-26(30)20-19-25(16-6-4-2)24-17-13-11-14-18-24/h11,13-14,17-22,25H,3-10,12,15-16H2,1-2H3. The van der Waals surface area contributed by atoms with Crippen molar-refractivity contribution in [2.75, 3.05) is 0 Å². The van der Waals surface area contributed by atoms with E-state index in [9.17, 15) is 4.79 Å². The van der Waals surface area contributed by atoms with Gasteiger partial charge in [-0.2, -0.15) is 0 Å². The predicted octanol–water partition coefficient (Wildman–Crippen LogP) is 7.21. The molecule has 4 heteroatoms. The Kier molecular flexibility index (Phi) is 12.3. The molecule has 0 aliphatic carbocycles. The molecule has 1 aromatic carbocycles. The van der Waals surface area contributed by atoms with Crippen molar-refractivity contribution >= 4 is 5.97 Å². The van der Waals surface area contributed by atoms with Gasteiger partial charge < -0.3 is 4.74 Å². The summed E-state index contributed by atoms with van der Waals surface area (Å²) in [5.41, 5.74) is 2.30. The second kappa shape index (κ2) is 15.3. The molecule has 0 fully saturated rings. The van der Waals surface area contributed by atoms with Gasteiger partial charge in [-0.15, -0.1) is 0 Å². The highest BCUT2D eigenvalue weighted by Gasteiger charge is 2.09. The fraction of sp³-hybridized carbons (Fsp3) is 0.519. The lowest BCUT2D eigenvalue weighted by atomic mass is 9.93. The minimum Gasteiger partial charge on any atom is -0.388 e. The number of hydrogen-bond donors (Lipinski definition) is 0. The fourth-order valence-corrected chi connectivity index (χ4v) is 3.63. The van der Waals surface area contributed by atoms with Gasteiger partial charge >= 0.3 is 12.0 Å². The van der Waals surface area contributed by atoms with E-state index in [1.807, 2.05) is 24.3 Å². The molecule has 4 nitrogen and oxygen atoms in total. The van der Waals surface area contributed by atoms with Gasteiger partial charge in [0.1, 0.15) is 0 Å². The number of esters is 1. The van der Waals surface area contributed by atoms with Crippen molar-refractivity contribution in [3.05, 3.63) is 66.0 Å². The average molecular weight is 423 g/mol. The molecule has 31 heavy (non-hydrogen) atoms. The fourth-order valence-electron chi connectivity index (χ4n) is 3.63. The Morgan fingerprint density at radius 3 is 2.23 bits per heavy atom. The molecule has 0 N–H and O–H groups in total. The summed E-state index contributed by atoms with van der Waals surface area (Å²) >= 11 is 0. The van der Waals surface area contributed by atoms with E-state index in [0.717, 1.165) is 37.7 Å². The molecule has 0 bridgehead atoms. The van der Waals surface area contributed by atoms with Gasteiger partial charge in [-0.05, 0) is 30.4 Å². The predicted molar refractivity (Wildman–Crippen MR) is 127 cm³/mol. The molecule has 1 unspecified atom stereocenters. The second-order valence-electron chi connectivity index (χ2n) is 8.18. The minimum absolute atomic E-state index is 0.114. The van der Waals surface area contributed by atoms with Crippen LogP contribution in [0.1, 0.15) is 95.1 Å². The third kappa shape index (κ3) is 10.4. The topological polar surface area (TPSA) is 52.1 Å². The molecule has 0 radical (unpaired) electrons. The van der Waals surface area contributed by atoms with E-state index >= 15 is 0 Å². The molecule has 1 heterocycles. The zero-order valence-electron chi connectivity index (χ0n) is 19.3. The van der Waals surface area contributed by atoms with Gasteiger partial charge in [0.2, 0.25) is 0 Å². The molecular weight excluding hydrogens is 384 g/mol. The molecule has 168 valence electrons. The van der Waals surface area contributed by atoms with Crippen molar-refractivity contribution in [1.82, 2.24) is 9.97 Å². The Labute approximate surface area is 188 Å². The first-order valence-corrected chi connectivity index (χ1v) is 12.0. The van der Waals surface area contributed by atoms with Crippen molar-refractivity contribution < 1.29 is 9.53 Å². The van der Waals surface area contributed by atoms with Gasteiger partial charge in [-0.1, -0.05) is 102 Å². The quantitative estimate of drug-likeness (QED) is 0.173. The zero-order chi connectivity index (χ0) is 22.2. The number of ether oxygens (including phenoxy) is 1. The first kappa shape index (κ1) is 24.8. The second-order valence-corrected chi connectivity index (χ2v) is 8.18. The normalized spacial score (nSPS) is 12.2. The maximum Gasteiger partial charge on any atom is 0.338 e. The average Bonchev–Trinajstić information content (AvgIpc) is 2.80. The monoisotopic (exact) mass is 422 g/mol. The largest absolute Gasteiger partial charge is 0.388 e. The zero-order valence-corrected chi connectivity index (χ0v) is 19.3. The number of aromatic nitrogens is 2. The highest BCUT2D eigenvalue weighted by Crippen LogP contribution is 2.23. The van der Waals surface area contributed by atoms with Crippen LogP contribution in [-0.2, 0) is 11.2 Å². The molecule has 0 saturated carbocycles. The lowest BCUT2D eigenvalue weighted by Gasteiger charge is -2.12. The van der Waals surface area contributed by atoms with Crippen LogP contribution in [0.25, 0.3) is 0 Å². The van der Waals surface area contributed by atoms with Crippen molar-refractivity contribution in [2.45, 2.75) is 90.4 Å². The van der Waals surface area contributed by atoms with Crippen LogP contribution in [-0.4, -0.2) is 15.9 Å². The Bertz CT molecular complexity index is 757. The highest BCUT2D eigenvalue weighted by atomic mass is 16.5. The van der Waals surface area contributed by atoms with E-state index in [0.29, 0.717) is 0 Å². The van der Waals surface area contributed by atoms with Crippen LogP contribution >= 0.6 is 0 Å². The van der Waals surface area contributed by atoms with E-state index in [1.165, 1.54) is 50.2 Å². The summed E-state index contributed by atoms with van der Waals surface area (Å²) in [6.45, 7) is 4.42. The van der Waals surface area contributed by atoms with Crippen LogP contribution in [0.5, 0.6) is 6.01 Å². The van der Waals surface area contributed by atoms with Crippen molar-refractivity contribution in [3.8, 4) is 6.01 Å². The summed E-state index contributed by atoms with van der Waals surface area (Å²) in [5, 5.41) is 0. The van der Waals surface area contributed by atoms with Crippen LogP contribution in [0.3, 0.4) is 0 Å². The number of carbonyl (C=O) groups excluding carboxylic acids is 1. The van der Waals surface area contributed by atoms with E-state index in [2.05, 4.69) is 35.9 Å². The van der Waals surface area contributed by atoms with E-state index in [-0.39, 0.29) is 11.9 Å². The smallest absolute Gasteiger partial charge is 0.338 e. The van der Waals surface area contributed by atoms with Crippen molar-refractivity contribution in [1.29, 1.82) is 0 Å². The highest BCUT2D eigenvalue weighted by molar-refractivity contribution is 5.83. The van der Waals surface area contributed by atoms with Crippen LogP contribution < -0.4 is 4.74 Å². The van der Waals surface area contributed by atoms with Gasteiger partial charge in [0.15, 0.2) is 0 Å². The van der Waals surface area contributed by atoms with E-state index < -0.39 is 5.97 Å². The van der Waals surface area contributed by atoms with Crippen LogP contribution in [0, 0.1) is 0 Å². The molecule has 2 aromatic rings. The minimum atomic E-state index is -0.433. The Balaban J connectivity index is 1.77. The van der Waals surface area contributed by atoms with Crippen LogP contribution in [0.2, 0.25) is 0 Å². The summed E-state index contributed by atoms with van der Waals surface area (Å²) in [6, 6.07) is 10.4. The number of carbonyl (C=O) groups is 1. The van der Waals surface area contributed by atoms with Gasteiger partial charge in [-0.25, -0.2) is 14.8 Å². The third-order valence-corrected chi connectivity index (χ3v) is 5.50. The Morgan fingerprint density at radius 1 is 0.903 bits per heavy atom.